The molecule has 198 valence electrons. The third kappa shape index (κ3) is 10.1. The third-order valence-corrected chi connectivity index (χ3v) is 5.96. The maximum atomic E-state index is 13.1. The lowest BCUT2D eigenvalue weighted by Crippen LogP contribution is -2.40. The lowest BCUT2D eigenvalue weighted by Gasteiger charge is -2.30. The van der Waals surface area contributed by atoms with Gasteiger partial charge in [0.25, 0.3) is 0 Å². The van der Waals surface area contributed by atoms with Crippen molar-refractivity contribution >= 4 is 11.6 Å². The van der Waals surface area contributed by atoms with E-state index in [1.807, 2.05) is 20.8 Å². The van der Waals surface area contributed by atoms with Crippen LogP contribution in [0.5, 0.6) is 0 Å². The number of halogens is 6. The molecule has 0 bridgehead atoms. The first-order valence-corrected chi connectivity index (χ1v) is 11.8. The van der Waals surface area contributed by atoms with Gasteiger partial charge in [-0.25, -0.2) is 0 Å². The van der Waals surface area contributed by atoms with Crippen LogP contribution < -0.4 is 16.0 Å². The minimum absolute atomic E-state index is 0.0254. The largest absolute Gasteiger partial charge is 0.416 e. The van der Waals surface area contributed by atoms with Gasteiger partial charge in [0, 0.05) is 37.8 Å². The van der Waals surface area contributed by atoms with Gasteiger partial charge >= 0.3 is 12.4 Å². The molecule has 0 atom stereocenters. The van der Waals surface area contributed by atoms with Crippen molar-refractivity contribution in [3.8, 4) is 0 Å². The number of carbonyl (C=O) groups excluding carboxylic acids is 1. The Kier molecular flexibility index (Phi) is 9.67. The molecule has 0 spiro atoms. The zero-order chi connectivity index (χ0) is 26.4. The van der Waals surface area contributed by atoms with Crippen molar-refractivity contribution in [1.29, 1.82) is 0 Å². The standard InChI is InChI=1S/C25H35F6N3O/c1-16(18-11-19(24(26,27)28)13-20(12-18)25(29,30)31)34-15-17-5-7-21(8-6-17)32-9-10-33-22(35)14-23(2,3)4/h11-13,17,21,32,34H,1,5-10,14-15H2,2-4H3,(H,33,35). The second-order valence-corrected chi connectivity index (χ2v) is 10.4. The van der Waals surface area contributed by atoms with E-state index < -0.39 is 23.5 Å². The highest BCUT2D eigenvalue weighted by Gasteiger charge is 2.37. The van der Waals surface area contributed by atoms with Gasteiger partial charge in [-0.3, -0.25) is 4.79 Å². The molecule has 1 aliphatic carbocycles. The molecule has 0 aromatic heterocycles. The zero-order valence-corrected chi connectivity index (χ0v) is 20.4. The zero-order valence-electron chi connectivity index (χ0n) is 20.4. The van der Waals surface area contributed by atoms with E-state index in [-0.39, 0.29) is 34.6 Å². The molecular weight excluding hydrogens is 472 g/mol. The van der Waals surface area contributed by atoms with Gasteiger partial charge in [0.1, 0.15) is 0 Å². The second-order valence-electron chi connectivity index (χ2n) is 10.4. The van der Waals surface area contributed by atoms with E-state index in [1.54, 1.807) is 0 Å². The van der Waals surface area contributed by atoms with Gasteiger partial charge in [0.2, 0.25) is 5.91 Å². The molecule has 0 aliphatic heterocycles. The summed E-state index contributed by atoms with van der Waals surface area (Å²) < 4.78 is 78.5. The highest BCUT2D eigenvalue weighted by atomic mass is 19.4. The van der Waals surface area contributed by atoms with Crippen LogP contribution in [0.25, 0.3) is 5.70 Å². The number of alkyl halides is 6. The number of rotatable bonds is 9. The average molecular weight is 508 g/mol. The number of amides is 1. The molecular formula is C25H35F6N3O. The van der Waals surface area contributed by atoms with Crippen LogP contribution in [0, 0.1) is 11.3 Å². The first-order chi connectivity index (χ1) is 16.0. The van der Waals surface area contributed by atoms with E-state index in [0.29, 0.717) is 44.2 Å². The Balaban J connectivity index is 1.78. The molecule has 0 radical (unpaired) electrons. The number of carbonyl (C=O) groups is 1. The molecule has 35 heavy (non-hydrogen) atoms. The first-order valence-electron chi connectivity index (χ1n) is 11.8. The molecule has 3 N–H and O–H groups in total. The highest BCUT2D eigenvalue weighted by molar-refractivity contribution is 5.76. The summed E-state index contributed by atoms with van der Waals surface area (Å²) >= 11 is 0. The van der Waals surface area contributed by atoms with E-state index in [0.717, 1.165) is 25.7 Å². The van der Waals surface area contributed by atoms with Gasteiger partial charge in [0.15, 0.2) is 0 Å². The number of hydrogen-bond donors (Lipinski definition) is 3. The van der Waals surface area contributed by atoms with Crippen molar-refractivity contribution in [3.63, 3.8) is 0 Å². The summed E-state index contributed by atoms with van der Waals surface area (Å²) in [5, 5.41) is 9.25. The van der Waals surface area contributed by atoms with Gasteiger partial charge in [-0.1, -0.05) is 27.4 Å². The van der Waals surface area contributed by atoms with Gasteiger partial charge < -0.3 is 16.0 Å². The van der Waals surface area contributed by atoms with Crippen LogP contribution in [0.1, 0.15) is 69.6 Å². The van der Waals surface area contributed by atoms with Gasteiger partial charge in [-0.2, -0.15) is 26.3 Å². The third-order valence-electron chi connectivity index (χ3n) is 5.96. The van der Waals surface area contributed by atoms with Crippen molar-refractivity contribution in [2.24, 2.45) is 11.3 Å². The summed E-state index contributed by atoms with van der Waals surface area (Å²) in [6.45, 7) is 11.3. The Morgan fingerprint density at radius 1 is 0.886 bits per heavy atom. The molecule has 4 nitrogen and oxygen atoms in total. The van der Waals surface area contributed by atoms with E-state index in [9.17, 15) is 31.1 Å². The van der Waals surface area contributed by atoms with Gasteiger partial charge in [-0.15, -0.1) is 0 Å². The van der Waals surface area contributed by atoms with E-state index in [1.165, 1.54) is 0 Å². The second kappa shape index (κ2) is 11.7. The van der Waals surface area contributed by atoms with E-state index >= 15 is 0 Å². The molecule has 10 heteroatoms. The van der Waals surface area contributed by atoms with Crippen LogP contribution in [0.3, 0.4) is 0 Å². The summed E-state index contributed by atoms with van der Waals surface area (Å²) in [5.74, 6) is 0.265. The quantitative estimate of drug-likeness (QED) is 0.285. The Labute approximate surface area is 202 Å². The summed E-state index contributed by atoms with van der Waals surface area (Å²) in [7, 11) is 0. The summed E-state index contributed by atoms with van der Waals surface area (Å²) in [4.78, 5) is 11.9. The summed E-state index contributed by atoms with van der Waals surface area (Å²) in [6, 6.07) is 1.80. The van der Waals surface area contributed by atoms with Crippen molar-refractivity contribution in [3.05, 3.63) is 41.5 Å². The van der Waals surface area contributed by atoms with Crippen molar-refractivity contribution in [2.45, 2.75) is 71.3 Å². The molecule has 2 rings (SSSR count). The van der Waals surface area contributed by atoms with E-state index in [4.69, 9.17) is 0 Å². The minimum atomic E-state index is -4.89. The number of nitrogens with one attached hydrogen (secondary N) is 3. The molecule has 1 saturated carbocycles. The van der Waals surface area contributed by atoms with E-state index in [2.05, 4.69) is 22.5 Å². The highest BCUT2D eigenvalue weighted by Crippen LogP contribution is 2.37. The Morgan fingerprint density at radius 3 is 1.91 bits per heavy atom. The first kappa shape index (κ1) is 29.0. The normalized spacial score (nSPS) is 19.3. The van der Waals surface area contributed by atoms with Crippen LogP contribution in [-0.4, -0.2) is 31.6 Å². The van der Waals surface area contributed by atoms with Gasteiger partial charge in [0.05, 0.1) is 11.1 Å². The Hall–Kier alpha value is -2.23. The molecule has 0 heterocycles. The van der Waals surface area contributed by atoms with Gasteiger partial charge in [-0.05, 0) is 60.8 Å². The number of hydrogen-bond acceptors (Lipinski definition) is 3. The monoisotopic (exact) mass is 507 g/mol. The summed E-state index contributed by atoms with van der Waals surface area (Å²) in [6.07, 6.45) is -5.79. The smallest absolute Gasteiger partial charge is 0.385 e. The Bertz CT molecular complexity index is 833. The average Bonchev–Trinajstić information content (AvgIpc) is 2.73. The fraction of sp³-hybridized carbons (Fsp3) is 0.640. The van der Waals surface area contributed by atoms with Crippen molar-refractivity contribution in [1.82, 2.24) is 16.0 Å². The molecule has 1 aromatic carbocycles. The van der Waals surface area contributed by atoms with Crippen LogP contribution in [-0.2, 0) is 17.1 Å². The SMILES string of the molecule is C=C(NCC1CCC(NCCNC(=O)CC(C)(C)C)CC1)c1cc(C(F)(F)F)cc(C(F)(F)F)c1. The minimum Gasteiger partial charge on any atom is -0.385 e. The molecule has 1 fully saturated rings. The predicted octanol–water partition coefficient (Wildman–Crippen LogP) is 5.99. The lowest BCUT2D eigenvalue weighted by molar-refractivity contribution is -0.143. The topological polar surface area (TPSA) is 53.2 Å². The molecule has 1 aromatic rings. The summed E-state index contributed by atoms with van der Waals surface area (Å²) in [5.41, 5.74) is -2.96. The lowest BCUT2D eigenvalue weighted by atomic mass is 9.86. The Morgan fingerprint density at radius 2 is 1.43 bits per heavy atom. The molecule has 0 saturated heterocycles. The maximum absolute atomic E-state index is 13.1. The molecule has 1 aliphatic rings. The fourth-order valence-corrected chi connectivity index (χ4v) is 4.09. The van der Waals surface area contributed by atoms with Crippen LogP contribution in [0.4, 0.5) is 26.3 Å². The predicted molar refractivity (Wildman–Crippen MR) is 124 cm³/mol. The maximum Gasteiger partial charge on any atom is 0.416 e. The van der Waals surface area contributed by atoms with Crippen LogP contribution in [0.2, 0.25) is 0 Å². The number of benzene rings is 1. The molecule has 1 amide bonds. The van der Waals surface area contributed by atoms with Crippen LogP contribution >= 0.6 is 0 Å². The van der Waals surface area contributed by atoms with Crippen molar-refractivity contribution in [2.75, 3.05) is 19.6 Å². The fourth-order valence-electron chi connectivity index (χ4n) is 4.09. The van der Waals surface area contributed by atoms with Crippen molar-refractivity contribution < 1.29 is 31.1 Å². The van der Waals surface area contributed by atoms with Crippen LogP contribution in [0.15, 0.2) is 24.8 Å². The molecule has 0 unspecified atom stereocenters.